The van der Waals surface area contributed by atoms with Gasteiger partial charge >= 0.3 is 0 Å². The zero-order valence-electron chi connectivity index (χ0n) is 7.92. The molecule has 0 amide bonds. The maximum Gasteiger partial charge on any atom is 0.126 e. The third-order valence-corrected chi connectivity index (χ3v) is 2.49. The van der Waals surface area contributed by atoms with Gasteiger partial charge in [-0.2, -0.15) is 0 Å². The van der Waals surface area contributed by atoms with E-state index in [1.807, 2.05) is 18.2 Å². The molecule has 1 saturated carbocycles. The van der Waals surface area contributed by atoms with Crippen LogP contribution < -0.4 is 4.74 Å². The number of benzene rings is 1. The van der Waals surface area contributed by atoms with Gasteiger partial charge in [-0.25, -0.2) is 0 Å². The Morgan fingerprint density at radius 3 is 2.62 bits per heavy atom. The third kappa shape index (κ3) is 1.74. The lowest BCUT2D eigenvalue weighted by Crippen LogP contribution is -1.96. The first-order valence-electron chi connectivity index (χ1n) is 4.72. The summed E-state index contributed by atoms with van der Waals surface area (Å²) in [5.74, 6) is 0.974. The van der Waals surface area contributed by atoms with Crippen LogP contribution >= 0.6 is 0 Å². The van der Waals surface area contributed by atoms with Crippen LogP contribution in [0.5, 0.6) is 5.75 Å². The summed E-state index contributed by atoms with van der Waals surface area (Å²) in [4.78, 5) is 0. The van der Waals surface area contributed by atoms with Crippen molar-refractivity contribution in [2.45, 2.75) is 19.3 Å². The fourth-order valence-corrected chi connectivity index (χ4v) is 1.53. The number of para-hydroxylation sites is 1. The molecule has 0 atom stereocenters. The van der Waals surface area contributed by atoms with Crippen molar-refractivity contribution >= 4 is 6.08 Å². The first-order valence-corrected chi connectivity index (χ1v) is 4.72. The van der Waals surface area contributed by atoms with E-state index in [1.165, 1.54) is 24.8 Å². The summed E-state index contributed by atoms with van der Waals surface area (Å²) in [6.07, 6.45) is 6.12. The average molecular weight is 174 g/mol. The third-order valence-electron chi connectivity index (χ3n) is 2.49. The van der Waals surface area contributed by atoms with E-state index in [9.17, 15) is 0 Å². The molecule has 13 heavy (non-hydrogen) atoms. The second-order valence-electron chi connectivity index (χ2n) is 3.40. The zero-order chi connectivity index (χ0) is 9.10. The van der Waals surface area contributed by atoms with Crippen LogP contribution in [0.3, 0.4) is 0 Å². The number of ether oxygens (including phenoxy) is 1. The molecule has 1 aliphatic carbocycles. The first kappa shape index (κ1) is 8.36. The highest BCUT2D eigenvalue weighted by Crippen LogP contribution is 2.30. The largest absolute Gasteiger partial charge is 0.496 e. The summed E-state index contributed by atoms with van der Waals surface area (Å²) in [6.45, 7) is 0. The highest BCUT2D eigenvalue weighted by atomic mass is 16.5. The predicted octanol–water partition coefficient (Wildman–Crippen LogP) is 3.26. The van der Waals surface area contributed by atoms with Crippen LogP contribution in [0.15, 0.2) is 29.8 Å². The summed E-state index contributed by atoms with van der Waals surface area (Å²) in [5.41, 5.74) is 2.75. The van der Waals surface area contributed by atoms with Crippen LogP contribution in [0.2, 0.25) is 0 Å². The van der Waals surface area contributed by atoms with Crippen molar-refractivity contribution in [3.63, 3.8) is 0 Å². The Kier molecular flexibility index (Phi) is 2.35. The lowest BCUT2D eigenvalue weighted by Gasteiger charge is -2.16. The van der Waals surface area contributed by atoms with E-state index in [-0.39, 0.29) is 0 Å². The molecule has 1 fully saturated rings. The minimum Gasteiger partial charge on any atom is -0.496 e. The maximum atomic E-state index is 5.27. The molecule has 68 valence electrons. The van der Waals surface area contributed by atoms with Gasteiger partial charge in [0, 0.05) is 5.56 Å². The number of rotatable bonds is 2. The Morgan fingerprint density at radius 1 is 1.23 bits per heavy atom. The lowest BCUT2D eigenvalue weighted by atomic mass is 9.90. The molecule has 0 heterocycles. The van der Waals surface area contributed by atoms with Gasteiger partial charge in [0.2, 0.25) is 0 Å². The predicted molar refractivity (Wildman–Crippen MR) is 54.8 cm³/mol. The van der Waals surface area contributed by atoms with Crippen LogP contribution in [0.25, 0.3) is 6.08 Å². The highest BCUT2D eigenvalue weighted by molar-refractivity contribution is 5.60. The van der Waals surface area contributed by atoms with Gasteiger partial charge in [0.05, 0.1) is 7.11 Å². The number of allylic oxidation sites excluding steroid dienone is 1. The zero-order valence-corrected chi connectivity index (χ0v) is 7.92. The monoisotopic (exact) mass is 174 g/mol. The van der Waals surface area contributed by atoms with Crippen LogP contribution in [0.4, 0.5) is 0 Å². The molecule has 0 unspecified atom stereocenters. The molecular formula is C12H14O. The molecule has 0 bridgehead atoms. The molecule has 0 saturated heterocycles. The fraction of sp³-hybridized carbons (Fsp3) is 0.333. The van der Waals surface area contributed by atoms with Gasteiger partial charge in [-0.05, 0) is 25.3 Å². The molecule has 1 aliphatic rings. The van der Waals surface area contributed by atoms with E-state index in [4.69, 9.17) is 4.74 Å². The second kappa shape index (κ2) is 3.65. The summed E-state index contributed by atoms with van der Waals surface area (Å²) in [6, 6.07) is 8.16. The van der Waals surface area contributed by atoms with E-state index < -0.39 is 0 Å². The molecular weight excluding hydrogens is 160 g/mol. The van der Waals surface area contributed by atoms with E-state index in [1.54, 1.807) is 12.7 Å². The van der Waals surface area contributed by atoms with Crippen molar-refractivity contribution < 1.29 is 4.74 Å². The Balaban J connectivity index is 2.27. The molecule has 0 spiro atoms. The molecule has 1 aromatic rings. The Hall–Kier alpha value is -1.24. The van der Waals surface area contributed by atoms with Gasteiger partial charge in [0.1, 0.15) is 5.75 Å². The van der Waals surface area contributed by atoms with Crippen molar-refractivity contribution in [1.82, 2.24) is 0 Å². The van der Waals surface area contributed by atoms with Gasteiger partial charge in [-0.1, -0.05) is 29.8 Å². The van der Waals surface area contributed by atoms with Crippen molar-refractivity contribution in [3.05, 3.63) is 35.4 Å². The lowest BCUT2D eigenvalue weighted by molar-refractivity contribution is 0.413. The molecule has 1 nitrogen and oxygen atoms in total. The molecule has 0 aromatic heterocycles. The van der Waals surface area contributed by atoms with Crippen molar-refractivity contribution in [1.29, 1.82) is 0 Å². The highest BCUT2D eigenvalue weighted by Gasteiger charge is 2.08. The summed E-state index contributed by atoms with van der Waals surface area (Å²) < 4.78 is 5.27. The van der Waals surface area contributed by atoms with Gasteiger partial charge in [0.25, 0.3) is 0 Å². The number of hydrogen-bond acceptors (Lipinski definition) is 1. The topological polar surface area (TPSA) is 9.23 Å². The number of methoxy groups -OCH3 is 1. The van der Waals surface area contributed by atoms with E-state index in [2.05, 4.69) is 12.1 Å². The van der Waals surface area contributed by atoms with Crippen LogP contribution in [-0.2, 0) is 0 Å². The Labute approximate surface area is 79.0 Å². The molecule has 1 aromatic carbocycles. The summed E-state index contributed by atoms with van der Waals surface area (Å²) >= 11 is 0. The van der Waals surface area contributed by atoms with Crippen molar-refractivity contribution in [2.75, 3.05) is 7.11 Å². The standard InChI is InChI=1S/C12H14O/c1-13-12-8-3-2-7-11(12)9-10-5-4-6-10/h2-3,7-9H,4-6H2,1H3. The van der Waals surface area contributed by atoms with Gasteiger partial charge in [-0.3, -0.25) is 0 Å². The minimum atomic E-state index is 0.974. The van der Waals surface area contributed by atoms with E-state index in [0.717, 1.165) is 5.75 Å². The first-order chi connectivity index (χ1) is 6.40. The second-order valence-corrected chi connectivity index (χ2v) is 3.40. The summed E-state index contributed by atoms with van der Waals surface area (Å²) in [7, 11) is 1.72. The maximum absolute atomic E-state index is 5.27. The van der Waals surface area contributed by atoms with Crippen LogP contribution in [0.1, 0.15) is 24.8 Å². The van der Waals surface area contributed by atoms with Gasteiger partial charge in [-0.15, -0.1) is 0 Å². The van der Waals surface area contributed by atoms with Crippen LogP contribution in [-0.4, -0.2) is 7.11 Å². The minimum absolute atomic E-state index is 0.974. The van der Waals surface area contributed by atoms with Crippen molar-refractivity contribution in [3.8, 4) is 5.75 Å². The molecule has 0 N–H and O–H groups in total. The molecule has 1 heteroatoms. The summed E-state index contributed by atoms with van der Waals surface area (Å²) in [5, 5.41) is 0. The molecule has 2 rings (SSSR count). The quantitative estimate of drug-likeness (QED) is 0.668. The van der Waals surface area contributed by atoms with E-state index in [0.29, 0.717) is 0 Å². The van der Waals surface area contributed by atoms with Gasteiger partial charge < -0.3 is 4.74 Å². The number of hydrogen-bond donors (Lipinski definition) is 0. The fourth-order valence-electron chi connectivity index (χ4n) is 1.53. The smallest absolute Gasteiger partial charge is 0.126 e. The Bertz CT molecular complexity index is 320. The van der Waals surface area contributed by atoms with Crippen LogP contribution in [0, 0.1) is 0 Å². The normalized spacial score (nSPS) is 15.0. The molecule has 0 aliphatic heterocycles. The Morgan fingerprint density at radius 2 is 2.00 bits per heavy atom. The SMILES string of the molecule is COc1ccccc1C=C1CCC1. The average Bonchev–Trinajstić information content (AvgIpc) is 2.12. The molecule has 0 radical (unpaired) electrons. The van der Waals surface area contributed by atoms with Crippen molar-refractivity contribution in [2.24, 2.45) is 0 Å². The van der Waals surface area contributed by atoms with E-state index >= 15 is 0 Å². The van der Waals surface area contributed by atoms with Gasteiger partial charge in [0.15, 0.2) is 0 Å².